The zero-order chi connectivity index (χ0) is 12.7. The predicted molar refractivity (Wildman–Crippen MR) is 71.7 cm³/mol. The minimum absolute atomic E-state index is 0.0954. The van der Waals surface area contributed by atoms with Crippen molar-refractivity contribution in [2.24, 2.45) is 5.92 Å². The maximum Gasteiger partial charge on any atom is 0.223 e. The highest BCUT2D eigenvalue weighted by molar-refractivity contribution is 5.78. The summed E-state index contributed by atoms with van der Waals surface area (Å²) < 4.78 is 0. The summed E-state index contributed by atoms with van der Waals surface area (Å²) in [6, 6.07) is 10.4. The van der Waals surface area contributed by atoms with Crippen LogP contribution in [-0.2, 0) is 4.79 Å². The fourth-order valence-electron chi connectivity index (χ4n) is 1.80. The summed E-state index contributed by atoms with van der Waals surface area (Å²) in [7, 11) is 0. The summed E-state index contributed by atoms with van der Waals surface area (Å²) in [4.78, 5) is 11.9. The second-order valence-corrected chi connectivity index (χ2v) is 4.57. The smallest absolute Gasteiger partial charge is 0.223 e. The van der Waals surface area contributed by atoms with Gasteiger partial charge >= 0.3 is 0 Å². The molecule has 0 aliphatic rings. The molecular weight excluding hydrogens is 210 g/mol. The third kappa shape index (κ3) is 4.22. The zero-order valence-electron chi connectivity index (χ0n) is 11.1. The molecule has 0 bridgehead atoms. The van der Waals surface area contributed by atoms with Crippen LogP contribution in [0.25, 0.3) is 0 Å². The van der Waals surface area contributed by atoms with E-state index in [1.165, 1.54) is 5.56 Å². The molecule has 2 heteroatoms. The number of carbonyl (C=O) groups excluding carboxylic acids is 1. The Morgan fingerprint density at radius 3 is 2.41 bits per heavy atom. The Labute approximate surface area is 104 Å². The summed E-state index contributed by atoms with van der Waals surface area (Å²) in [5.41, 5.74) is 1.20. The number of amides is 1. The van der Waals surface area contributed by atoms with Gasteiger partial charge in [0, 0.05) is 5.92 Å². The topological polar surface area (TPSA) is 29.1 Å². The number of carbonyl (C=O) groups is 1. The summed E-state index contributed by atoms with van der Waals surface area (Å²) in [5.74, 6) is 0.257. The first-order valence-corrected chi connectivity index (χ1v) is 6.54. The highest BCUT2D eigenvalue weighted by Crippen LogP contribution is 2.19. The van der Waals surface area contributed by atoms with Crippen molar-refractivity contribution in [2.45, 2.75) is 46.1 Å². The van der Waals surface area contributed by atoms with Crippen molar-refractivity contribution in [1.82, 2.24) is 5.32 Å². The van der Waals surface area contributed by atoms with E-state index in [9.17, 15) is 4.79 Å². The van der Waals surface area contributed by atoms with Gasteiger partial charge in [-0.1, -0.05) is 57.5 Å². The van der Waals surface area contributed by atoms with Gasteiger partial charge in [0.2, 0.25) is 5.91 Å². The molecule has 1 aromatic carbocycles. The van der Waals surface area contributed by atoms with Crippen LogP contribution in [-0.4, -0.2) is 5.91 Å². The Morgan fingerprint density at radius 1 is 1.24 bits per heavy atom. The van der Waals surface area contributed by atoms with Crippen LogP contribution in [0.3, 0.4) is 0 Å². The molecule has 17 heavy (non-hydrogen) atoms. The quantitative estimate of drug-likeness (QED) is 0.797. The Hall–Kier alpha value is -1.31. The Bertz CT molecular complexity index is 334. The molecule has 0 saturated carbocycles. The van der Waals surface area contributed by atoms with Gasteiger partial charge < -0.3 is 5.32 Å². The summed E-state index contributed by atoms with van der Waals surface area (Å²) >= 11 is 0. The Morgan fingerprint density at radius 2 is 1.88 bits per heavy atom. The van der Waals surface area contributed by atoms with Crippen LogP contribution >= 0.6 is 0 Å². The van der Waals surface area contributed by atoms with Crippen LogP contribution < -0.4 is 5.32 Å². The maximum atomic E-state index is 11.9. The van der Waals surface area contributed by atoms with Crippen molar-refractivity contribution in [3.8, 4) is 0 Å². The van der Waals surface area contributed by atoms with Gasteiger partial charge in [-0.05, 0) is 18.4 Å². The molecule has 2 unspecified atom stereocenters. The van der Waals surface area contributed by atoms with E-state index in [1.807, 2.05) is 32.0 Å². The fraction of sp³-hybridized carbons (Fsp3) is 0.533. The highest BCUT2D eigenvalue weighted by Gasteiger charge is 2.16. The van der Waals surface area contributed by atoms with E-state index in [-0.39, 0.29) is 17.9 Å². The van der Waals surface area contributed by atoms with Crippen LogP contribution in [0.4, 0.5) is 0 Å². The van der Waals surface area contributed by atoms with Crippen molar-refractivity contribution < 1.29 is 4.79 Å². The molecule has 1 aromatic rings. The van der Waals surface area contributed by atoms with Gasteiger partial charge in [-0.25, -0.2) is 0 Å². The van der Waals surface area contributed by atoms with Crippen molar-refractivity contribution in [1.29, 1.82) is 0 Å². The standard InChI is InChI=1S/C15H23NO/c1-4-9-14(13-10-7-6-8-11-13)16-15(17)12(3)5-2/h6-8,10-12,14H,4-5,9H2,1-3H3,(H,16,17). The number of hydrogen-bond donors (Lipinski definition) is 1. The van der Waals surface area contributed by atoms with Gasteiger partial charge in [0.1, 0.15) is 0 Å². The van der Waals surface area contributed by atoms with Crippen LogP contribution in [0.1, 0.15) is 51.6 Å². The largest absolute Gasteiger partial charge is 0.349 e. The van der Waals surface area contributed by atoms with E-state index in [1.54, 1.807) is 0 Å². The SMILES string of the molecule is CCCC(NC(=O)C(C)CC)c1ccccc1. The van der Waals surface area contributed by atoms with Crippen molar-refractivity contribution in [3.63, 3.8) is 0 Å². The van der Waals surface area contributed by atoms with E-state index < -0.39 is 0 Å². The van der Waals surface area contributed by atoms with Gasteiger partial charge in [-0.3, -0.25) is 4.79 Å². The molecule has 1 N–H and O–H groups in total. The molecular formula is C15H23NO. The average Bonchev–Trinajstić information content (AvgIpc) is 2.38. The lowest BCUT2D eigenvalue weighted by molar-refractivity contribution is -0.125. The number of rotatable bonds is 6. The highest BCUT2D eigenvalue weighted by atomic mass is 16.1. The van der Waals surface area contributed by atoms with E-state index in [4.69, 9.17) is 0 Å². The Kier molecular flexibility index (Phi) is 5.75. The van der Waals surface area contributed by atoms with Gasteiger partial charge in [0.15, 0.2) is 0 Å². The fourth-order valence-corrected chi connectivity index (χ4v) is 1.80. The van der Waals surface area contributed by atoms with E-state index in [2.05, 4.69) is 24.4 Å². The van der Waals surface area contributed by atoms with E-state index >= 15 is 0 Å². The van der Waals surface area contributed by atoms with Crippen molar-refractivity contribution >= 4 is 5.91 Å². The average molecular weight is 233 g/mol. The number of benzene rings is 1. The van der Waals surface area contributed by atoms with Gasteiger partial charge in [-0.15, -0.1) is 0 Å². The first-order valence-electron chi connectivity index (χ1n) is 6.54. The summed E-state index contributed by atoms with van der Waals surface area (Å²) in [6.07, 6.45) is 2.95. The predicted octanol–water partition coefficient (Wildman–Crippen LogP) is 3.69. The van der Waals surface area contributed by atoms with Gasteiger partial charge in [-0.2, -0.15) is 0 Å². The lowest BCUT2D eigenvalue weighted by atomic mass is 10.0. The molecule has 0 spiro atoms. The molecule has 0 aliphatic carbocycles. The monoisotopic (exact) mass is 233 g/mol. The Balaban J connectivity index is 2.70. The molecule has 0 radical (unpaired) electrons. The second kappa shape index (κ2) is 7.10. The third-order valence-corrected chi connectivity index (χ3v) is 3.16. The lowest BCUT2D eigenvalue weighted by Crippen LogP contribution is -2.32. The van der Waals surface area contributed by atoms with Crippen molar-refractivity contribution in [2.75, 3.05) is 0 Å². The van der Waals surface area contributed by atoms with Crippen molar-refractivity contribution in [3.05, 3.63) is 35.9 Å². The number of nitrogens with one attached hydrogen (secondary N) is 1. The van der Waals surface area contributed by atoms with Crippen LogP contribution in [0.2, 0.25) is 0 Å². The summed E-state index contributed by atoms with van der Waals surface area (Å²) in [5, 5.41) is 3.15. The number of hydrogen-bond acceptors (Lipinski definition) is 1. The first kappa shape index (κ1) is 13.8. The summed E-state index contributed by atoms with van der Waals surface area (Å²) in [6.45, 7) is 6.16. The minimum Gasteiger partial charge on any atom is -0.349 e. The molecule has 1 amide bonds. The molecule has 0 saturated heterocycles. The van der Waals surface area contributed by atoms with E-state index in [0.29, 0.717) is 0 Å². The lowest BCUT2D eigenvalue weighted by Gasteiger charge is -2.20. The molecule has 0 fully saturated rings. The first-order chi connectivity index (χ1) is 8.19. The third-order valence-electron chi connectivity index (χ3n) is 3.16. The van der Waals surface area contributed by atoms with Crippen LogP contribution in [0.15, 0.2) is 30.3 Å². The van der Waals surface area contributed by atoms with Gasteiger partial charge in [0.25, 0.3) is 0 Å². The minimum atomic E-state index is 0.0954. The zero-order valence-corrected chi connectivity index (χ0v) is 11.1. The molecule has 94 valence electrons. The molecule has 2 nitrogen and oxygen atoms in total. The molecule has 0 aromatic heterocycles. The van der Waals surface area contributed by atoms with Crippen LogP contribution in [0, 0.1) is 5.92 Å². The second-order valence-electron chi connectivity index (χ2n) is 4.57. The molecule has 0 aliphatic heterocycles. The normalized spacial score (nSPS) is 14.1. The molecule has 2 atom stereocenters. The van der Waals surface area contributed by atoms with E-state index in [0.717, 1.165) is 19.3 Å². The maximum absolute atomic E-state index is 11.9. The molecule has 0 heterocycles. The van der Waals surface area contributed by atoms with Crippen LogP contribution in [0.5, 0.6) is 0 Å². The van der Waals surface area contributed by atoms with Gasteiger partial charge in [0.05, 0.1) is 6.04 Å². The molecule has 1 rings (SSSR count).